The number of hydrogen-bond acceptors (Lipinski definition) is 3. The molecule has 0 fully saturated rings. The Hall–Kier alpha value is -1.13. The fourth-order valence-electron chi connectivity index (χ4n) is 0.672. The molecule has 0 aliphatic rings. The summed E-state index contributed by atoms with van der Waals surface area (Å²) in [4.78, 5) is 19.9. The summed E-state index contributed by atoms with van der Waals surface area (Å²) >= 11 is 0. The van der Waals surface area contributed by atoms with Gasteiger partial charge in [-0.3, -0.25) is 4.79 Å². The molecule has 0 spiro atoms. The van der Waals surface area contributed by atoms with Crippen LogP contribution in [0.5, 0.6) is 0 Å². The van der Waals surface area contributed by atoms with Crippen molar-refractivity contribution in [2.75, 3.05) is 6.54 Å². The smallest absolute Gasteiger partial charge is 0.257 e. The molecule has 0 aromatic carbocycles. The van der Waals surface area contributed by atoms with Crippen molar-refractivity contribution in [3.8, 4) is 0 Å². The summed E-state index contributed by atoms with van der Waals surface area (Å²) in [5.74, 6) is 0. The van der Waals surface area contributed by atoms with Gasteiger partial charge in [-0.05, 0) is 11.4 Å². The van der Waals surface area contributed by atoms with Gasteiger partial charge in [-0.25, -0.2) is 10.1 Å². The monoisotopic (exact) mass is 159 g/mol. The molecule has 0 aliphatic heterocycles. The lowest BCUT2D eigenvalue weighted by Gasteiger charge is -2.03. The maximum atomic E-state index is 9.99. The summed E-state index contributed by atoms with van der Waals surface area (Å²) in [6, 6.07) is 0. The van der Waals surface area contributed by atoms with Gasteiger partial charge >= 0.3 is 6.41 Å². The predicted octanol–water partition coefficient (Wildman–Crippen LogP) is 0.737. The molecule has 0 unspecified atom stereocenters. The first kappa shape index (κ1) is 9.87. The van der Waals surface area contributed by atoms with E-state index in [9.17, 15) is 14.9 Å². The van der Waals surface area contributed by atoms with E-state index in [0.717, 1.165) is 12.8 Å². The first-order valence-electron chi connectivity index (χ1n) is 3.52. The van der Waals surface area contributed by atoms with Gasteiger partial charge in [0.15, 0.2) is 5.03 Å². The molecule has 0 aliphatic carbocycles. The first-order valence-corrected chi connectivity index (χ1v) is 3.52. The normalized spacial score (nSPS) is 9.18. The quantitative estimate of drug-likeness (QED) is 0.248. The standard InChI is InChI=1S/C6H11N2O3/c1-2-3-4-5-7(6-9)8(10)11/h2-5H2,1H3. The van der Waals surface area contributed by atoms with Crippen LogP contribution >= 0.6 is 0 Å². The van der Waals surface area contributed by atoms with Crippen molar-refractivity contribution in [2.45, 2.75) is 26.2 Å². The molecule has 0 aromatic heterocycles. The summed E-state index contributed by atoms with van der Waals surface area (Å²) in [5.41, 5.74) is 0. The fourth-order valence-corrected chi connectivity index (χ4v) is 0.672. The van der Waals surface area contributed by atoms with E-state index in [2.05, 4.69) is 0 Å². The van der Waals surface area contributed by atoms with Gasteiger partial charge in [0, 0.05) is 0 Å². The number of hydrazine groups is 1. The van der Waals surface area contributed by atoms with Crippen LogP contribution in [0.25, 0.3) is 0 Å². The van der Waals surface area contributed by atoms with Gasteiger partial charge in [0.2, 0.25) is 0 Å². The van der Waals surface area contributed by atoms with Gasteiger partial charge < -0.3 is 0 Å². The Bertz CT molecular complexity index is 138. The van der Waals surface area contributed by atoms with Crippen LogP contribution in [0.4, 0.5) is 0 Å². The Labute approximate surface area is 65.1 Å². The Morgan fingerprint density at radius 1 is 1.55 bits per heavy atom. The molecule has 0 saturated heterocycles. The predicted molar refractivity (Wildman–Crippen MR) is 38.9 cm³/mol. The second kappa shape index (κ2) is 5.64. The highest BCUT2D eigenvalue weighted by Gasteiger charge is 2.12. The van der Waals surface area contributed by atoms with Crippen molar-refractivity contribution in [3.63, 3.8) is 0 Å². The van der Waals surface area contributed by atoms with Gasteiger partial charge in [-0.15, -0.1) is 0 Å². The number of amides is 1. The van der Waals surface area contributed by atoms with Crippen LogP contribution < -0.4 is 0 Å². The molecule has 1 amide bonds. The summed E-state index contributed by atoms with van der Waals surface area (Å²) in [7, 11) is 0. The van der Waals surface area contributed by atoms with Gasteiger partial charge in [-0.2, -0.15) is 0 Å². The number of nitro groups is 1. The minimum Gasteiger partial charge on any atom is -0.257 e. The van der Waals surface area contributed by atoms with Gasteiger partial charge in [-0.1, -0.05) is 19.8 Å². The van der Waals surface area contributed by atoms with E-state index in [0.29, 0.717) is 11.4 Å². The maximum Gasteiger partial charge on any atom is 0.376 e. The zero-order chi connectivity index (χ0) is 8.69. The van der Waals surface area contributed by atoms with Crippen molar-refractivity contribution in [1.82, 2.24) is 5.01 Å². The third-order valence-electron chi connectivity index (χ3n) is 1.28. The second-order valence-corrected chi connectivity index (χ2v) is 2.16. The minimum absolute atomic E-state index is 0.157. The number of hydrogen-bond donors (Lipinski definition) is 0. The molecule has 0 bridgehead atoms. The van der Waals surface area contributed by atoms with Crippen LogP contribution in [-0.4, -0.2) is 23.0 Å². The van der Waals surface area contributed by atoms with E-state index in [4.69, 9.17) is 0 Å². The summed E-state index contributed by atoms with van der Waals surface area (Å²) < 4.78 is 0. The summed E-state index contributed by atoms with van der Waals surface area (Å²) in [6.07, 6.45) is 3.78. The van der Waals surface area contributed by atoms with E-state index < -0.39 is 5.03 Å². The topological polar surface area (TPSA) is 63.5 Å². The average molecular weight is 159 g/mol. The van der Waals surface area contributed by atoms with E-state index in [1.54, 1.807) is 0 Å². The average Bonchev–Trinajstić information content (AvgIpc) is 1.97. The van der Waals surface area contributed by atoms with Crippen LogP contribution in [0, 0.1) is 10.1 Å². The van der Waals surface area contributed by atoms with E-state index in [1.165, 1.54) is 6.41 Å². The van der Waals surface area contributed by atoms with Gasteiger partial charge in [0.05, 0.1) is 6.54 Å². The van der Waals surface area contributed by atoms with Crippen LogP contribution in [0.1, 0.15) is 26.2 Å². The van der Waals surface area contributed by atoms with E-state index in [-0.39, 0.29) is 6.54 Å². The van der Waals surface area contributed by atoms with Crippen molar-refractivity contribution >= 4 is 6.41 Å². The molecule has 0 N–H and O–H groups in total. The lowest BCUT2D eigenvalue weighted by atomic mass is 10.2. The molecule has 0 atom stereocenters. The lowest BCUT2D eigenvalue weighted by Crippen LogP contribution is -2.29. The molecule has 63 valence electrons. The van der Waals surface area contributed by atoms with Crippen LogP contribution in [0.15, 0.2) is 0 Å². The third kappa shape index (κ3) is 4.30. The van der Waals surface area contributed by atoms with Crippen LogP contribution in [-0.2, 0) is 4.79 Å². The minimum atomic E-state index is -0.747. The second-order valence-electron chi connectivity index (χ2n) is 2.16. The van der Waals surface area contributed by atoms with Crippen molar-refractivity contribution in [1.29, 1.82) is 0 Å². The Kier molecular flexibility index (Phi) is 5.06. The number of nitrogens with zero attached hydrogens (tertiary/aromatic N) is 2. The zero-order valence-corrected chi connectivity index (χ0v) is 6.45. The largest absolute Gasteiger partial charge is 0.376 e. The first-order chi connectivity index (χ1) is 5.22. The molecule has 0 aromatic rings. The molecule has 5 heteroatoms. The van der Waals surface area contributed by atoms with Gasteiger partial charge in [0.25, 0.3) is 0 Å². The van der Waals surface area contributed by atoms with Crippen molar-refractivity contribution < 1.29 is 9.83 Å². The molecule has 0 rings (SSSR count). The van der Waals surface area contributed by atoms with E-state index in [1.807, 2.05) is 6.92 Å². The van der Waals surface area contributed by atoms with E-state index >= 15 is 0 Å². The zero-order valence-electron chi connectivity index (χ0n) is 6.45. The highest BCUT2D eigenvalue weighted by Crippen LogP contribution is 1.95. The molecule has 11 heavy (non-hydrogen) atoms. The number of carbonyl (C=O) groups excluding carboxylic acids is 1. The van der Waals surface area contributed by atoms with Crippen LogP contribution in [0.3, 0.4) is 0 Å². The molecule has 0 saturated carbocycles. The summed E-state index contributed by atoms with van der Waals surface area (Å²) in [6.45, 7) is 2.14. The lowest BCUT2D eigenvalue weighted by molar-refractivity contribution is -0.628. The third-order valence-corrected chi connectivity index (χ3v) is 1.28. The van der Waals surface area contributed by atoms with Crippen molar-refractivity contribution in [2.24, 2.45) is 0 Å². The fraction of sp³-hybridized carbons (Fsp3) is 0.833. The van der Waals surface area contributed by atoms with Gasteiger partial charge in [0.1, 0.15) is 0 Å². The molecule has 1 radical (unpaired) electrons. The molecule has 5 nitrogen and oxygen atoms in total. The molecular weight excluding hydrogens is 148 g/mol. The highest BCUT2D eigenvalue weighted by atomic mass is 16.7. The molecule has 0 heterocycles. The van der Waals surface area contributed by atoms with Crippen molar-refractivity contribution in [3.05, 3.63) is 10.1 Å². The highest BCUT2D eigenvalue weighted by molar-refractivity contribution is 5.45. The number of unbranched alkanes of at least 4 members (excludes halogenated alkanes) is 2. The Morgan fingerprint density at radius 3 is 2.55 bits per heavy atom. The number of rotatable bonds is 6. The SMILES string of the molecule is CCCCCN([C]=O)[N+](=O)[O-]. The van der Waals surface area contributed by atoms with Crippen LogP contribution in [0.2, 0.25) is 0 Å². The molecular formula is C6H11N2O3. The Balaban J connectivity index is 3.52. The Morgan fingerprint density at radius 2 is 2.18 bits per heavy atom. The maximum absolute atomic E-state index is 9.99. The summed E-state index contributed by atoms with van der Waals surface area (Å²) in [5, 5.41) is 9.69.